The number of benzene rings is 1. The van der Waals surface area contributed by atoms with Crippen LogP contribution in [0.5, 0.6) is 0 Å². The van der Waals surface area contributed by atoms with Gasteiger partial charge in [-0.15, -0.1) is 0 Å². The Hall–Kier alpha value is -3.15. The normalized spacial score (nSPS) is 15.6. The number of nitrogens with one attached hydrogen (secondary N) is 2. The van der Waals surface area contributed by atoms with Gasteiger partial charge in [0.2, 0.25) is 0 Å². The predicted octanol–water partition coefficient (Wildman–Crippen LogP) is 5.36. The van der Waals surface area contributed by atoms with E-state index >= 15 is 0 Å². The molecule has 4 rings (SSSR count). The minimum atomic E-state index is -4.84. The summed E-state index contributed by atoms with van der Waals surface area (Å²) in [6.07, 6.45) is -0.787. The number of halogens is 5. The molecule has 2 amide bonds. The number of nitrogens with zero attached hydrogens (tertiary/aromatic N) is 3. The van der Waals surface area contributed by atoms with Crippen molar-refractivity contribution in [3.8, 4) is 5.82 Å². The van der Waals surface area contributed by atoms with E-state index in [1.807, 2.05) is 0 Å². The molecule has 0 spiro atoms. The summed E-state index contributed by atoms with van der Waals surface area (Å²) in [6, 6.07) is 6.33. The number of nitrogens with two attached hydrogens (primary N) is 1. The molecule has 0 saturated heterocycles. The van der Waals surface area contributed by atoms with Crippen molar-refractivity contribution < 1.29 is 22.8 Å². The standard InChI is InChI=1S/C24H23Cl2F3N6O2/c1-12-9-14(25)10-15(21(36)33-23(2,30)13-5-3-6-13)19(12)32-22(37)17-11-18(24(27,28)29)34-35(17)20-16(26)7-4-8-31-20/h4,7-11,13H,3,5-6,30H2,1-2H3,(H,32,37)(H,33,36). The smallest absolute Gasteiger partial charge is 0.334 e. The molecular formula is C24H23Cl2F3N6O2. The number of aryl methyl sites for hydroxylation is 1. The first-order chi connectivity index (χ1) is 17.3. The number of aromatic nitrogens is 3. The van der Waals surface area contributed by atoms with Crippen molar-refractivity contribution in [2.45, 2.75) is 44.9 Å². The van der Waals surface area contributed by atoms with E-state index in [9.17, 15) is 22.8 Å². The number of alkyl halides is 3. The molecule has 8 nitrogen and oxygen atoms in total. The monoisotopic (exact) mass is 554 g/mol. The molecule has 2 aromatic heterocycles. The molecule has 1 unspecified atom stereocenters. The summed E-state index contributed by atoms with van der Waals surface area (Å²) in [7, 11) is 0. The summed E-state index contributed by atoms with van der Waals surface area (Å²) in [5, 5.41) is 9.06. The maximum Gasteiger partial charge on any atom is 0.435 e. The van der Waals surface area contributed by atoms with Gasteiger partial charge in [0.1, 0.15) is 5.69 Å². The number of amides is 2. The molecule has 37 heavy (non-hydrogen) atoms. The largest absolute Gasteiger partial charge is 0.435 e. The van der Waals surface area contributed by atoms with E-state index in [1.165, 1.54) is 30.5 Å². The highest BCUT2D eigenvalue weighted by atomic mass is 35.5. The number of carbonyl (C=O) groups excluding carboxylic acids is 2. The first-order valence-electron chi connectivity index (χ1n) is 11.3. The molecule has 1 aliphatic carbocycles. The van der Waals surface area contributed by atoms with Crippen molar-refractivity contribution in [2.24, 2.45) is 11.7 Å². The molecule has 1 aliphatic rings. The van der Waals surface area contributed by atoms with Gasteiger partial charge in [0.05, 0.1) is 21.9 Å². The van der Waals surface area contributed by atoms with Crippen molar-refractivity contribution in [3.05, 3.63) is 69.1 Å². The van der Waals surface area contributed by atoms with E-state index in [4.69, 9.17) is 28.9 Å². The molecule has 3 aromatic rings. The van der Waals surface area contributed by atoms with Crippen LogP contribution < -0.4 is 16.4 Å². The number of pyridine rings is 1. The Morgan fingerprint density at radius 3 is 2.46 bits per heavy atom. The highest BCUT2D eigenvalue weighted by Gasteiger charge is 2.38. The van der Waals surface area contributed by atoms with Crippen LogP contribution in [0.2, 0.25) is 10.0 Å². The SMILES string of the molecule is Cc1cc(Cl)cc(C(=O)NC(C)(N)C2CCC2)c1NC(=O)c1cc(C(F)(F)F)nn1-c1ncccc1Cl. The van der Waals surface area contributed by atoms with Crippen molar-refractivity contribution in [1.82, 2.24) is 20.1 Å². The minimum absolute atomic E-state index is 0.00678. The lowest BCUT2D eigenvalue weighted by Gasteiger charge is -2.40. The zero-order valence-corrected chi connectivity index (χ0v) is 21.3. The maximum absolute atomic E-state index is 13.5. The van der Waals surface area contributed by atoms with E-state index in [2.05, 4.69) is 20.7 Å². The van der Waals surface area contributed by atoms with Crippen LogP contribution in [-0.4, -0.2) is 32.2 Å². The lowest BCUT2D eigenvalue weighted by Crippen LogP contribution is -2.60. The Morgan fingerprint density at radius 1 is 1.16 bits per heavy atom. The van der Waals surface area contributed by atoms with Gasteiger partial charge in [0, 0.05) is 17.3 Å². The highest BCUT2D eigenvalue weighted by Crippen LogP contribution is 2.35. The molecule has 0 radical (unpaired) electrons. The van der Waals surface area contributed by atoms with Crippen LogP contribution in [0.1, 0.15) is 58.3 Å². The van der Waals surface area contributed by atoms with Gasteiger partial charge in [-0.25, -0.2) is 9.67 Å². The van der Waals surface area contributed by atoms with Crippen molar-refractivity contribution >= 4 is 40.7 Å². The predicted molar refractivity (Wildman–Crippen MR) is 133 cm³/mol. The lowest BCUT2D eigenvalue weighted by atomic mass is 9.76. The molecule has 13 heteroatoms. The summed E-state index contributed by atoms with van der Waals surface area (Å²) in [6.45, 7) is 3.30. The topological polar surface area (TPSA) is 115 Å². The third-order valence-electron chi connectivity index (χ3n) is 6.29. The van der Waals surface area contributed by atoms with Crippen LogP contribution >= 0.6 is 23.2 Å². The van der Waals surface area contributed by atoms with Crippen LogP contribution in [0, 0.1) is 12.8 Å². The lowest BCUT2D eigenvalue weighted by molar-refractivity contribution is -0.141. The van der Waals surface area contributed by atoms with Crippen LogP contribution in [0.15, 0.2) is 36.5 Å². The zero-order valence-electron chi connectivity index (χ0n) is 19.8. The third-order valence-corrected chi connectivity index (χ3v) is 6.80. The molecule has 0 aliphatic heterocycles. The first-order valence-corrected chi connectivity index (χ1v) is 12.0. The van der Waals surface area contributed by atoms with E-state index in [-0.39, 0.29) is 33.0 Å². The van der Waals surface area contributed by atoms with Gasteiger partial charge in [0.25, 0.3) is 11.8 Å². The van der Waals surface area contributed by atoms with E-state index in [1.54, 1.807) is 13.8 Å². The second kappa shape index (κ2) is 9.96. The molecular weight excluding hydrogens is 532 g/mol. The molecule has 1 atom stereocenters. The summed E-state index contributed by atoms with van der Waals surface area (Å²) < 4.78 is 41.2. The van der Waals surface area contributed by atoms with Gasteiger partial charge in [-0.05, 0) is 62.4 Å². The van der Waals surface area contributed by atoms with Gasteiger partial charge >= 0.3 is 6.18 Å². The van der Waals surface area contributed by atoms with Crippen LogP contribution in [0.4, 0.5) is 18.9 Å². The average Bonchev–Trinajstić information content (AvgIpc) is 3.19. The Bertz CT molecular complexity index is 1370. The molecule has 1 fully saturated rings. The Morgan fingerprint density at radius 2 is 1.86 bits per heavy atom. The van der Waals surface area contributed by atoms with Crippen molar-refractivity contribution in [1.29, 1.82) is 0 Å². The fourth-order valence-electron chi connectivity index (χ4n) is 4.06. The number of hydrogen-bond acceptors (Lipinski definition) is 5. The van der Waals surface area contributed by atoms with Gasteiger partial charge in [-0.2, -0.15) is 18.3 Å². The highest BCUT2D eigenvalue weighted by molar-refractivity contribution is 6.32. The van der Waals surface area contributed by atoms with Crippen molar-refractivity contribution in [2.75, 3.05) is 5.32 Å². The van der Waals surface area contributed by atoms with E-state index < -0.39 is 35.0 Å². The molecule has 1 saturated carbocycles. The summed E-state index contributed by atoms with van der Waals surface area (Å²) in [5.74, 6) is -1.64. The van der Waals surface area contributed by atoms with E-state index in [0.717, 1.165) is 19.3 Å². The quantitative estimate of drug-likeness (QED) is 0.355. The fourth-order valence-corrected chi connectivity index (χ4v) is 4.54. The summed E-state index contributed by atoms with van der Waals surface area (Å²) >= 11 is 12.3. The maximum atomic E-state index is 13.5. The Balaban J connectivity index is 1.73. The molecule has 196 valence electrons. The van der Waals surface area contributed by atoms with Gasteiger partial charge in [-0.3, -0.25) is 9.59 Å². The first kappa shape index (κ1) is 26.9. The number of anilines is 1. The number of carbonyl (C=O) groups is 2. The number of rotatable bonds is 6. The fraction of sp³-hybridized carbons (Fsp3) is 0.333. The average molecular weight is 555 g/mol. The summed E-state index contributed by atoms with van der Waals surface area (Å²) in [5.41, 5.74) is 4.00. The molecule has 1 aromatic carbocycles. The molecule has 2 heterocycles. The zero-order chi connectivity index (χ0) is 27.1. The number of hydrogen-bond donors (Lipinski definition) is 3. The van der Waals surface area contributed by atoms with Gasteiger partial charge < -0.3 is 16.4 Å². The van der Waals surface area contributed by atoms with Crippen LogP contribution in [0.25, 0.3) is 5.82 Å². The minimum Gasteiger partial charge on any atom is -0.334 e. The summed E-state index contributed by atoms with van der Waals surface area (Å²) in [4.78, 5) is 30.5. The third kappa shape index (κ3) is 5.58. The van der Waals surface area contributed by atoms with Crippen LogP contribution in [0.3, 0.4) is 0 Å². The van der Waals surface area contributed by atoms with Crippen molar-refractivity contribution in [3.63, 3.8) is 0 Å². The second-order valence-electron chi connectivity index (χ2n) is 9.10. The van der Waals surface area contributed by atoms with Gasteiger partial charge in [-0.1, -0.05) is 29.6 Å². The van der Waals surface area contributed by atoms with E-state index in [0.29, 0.717) is 16.3 Å². The molecule has 4 N–H and O–H groups in total. The second-order valence-corrected chi connectivity index (χ2v) is 9.94. The van der Waals surface area contributed by atoms with Gasteiger partial charge in [0.15, 0.2) is 11.5 Å². The molecule has 0 bridgehead atoms. The Kier molecular flexibility index (Phi) is 7.24. The Labute approximate surface area is 220 Å². The van der Waals surface area contributed by atoms with Crippen LogP contribution in [-0.2, 0) is 6.18 Å².